The summed E-state index contributed by atoms with van der Waals surface area (Å²) in [5, 5.41) is 11.4. The first-order valence-corrected chi connectivity index (χ1v) is 9.59. The van der Waals surface area contributed by atoms with Gasteiger partial charge < -0.3 is 10.1 Å². The monoisotopic (exact) mass is 401 g/mol. The van der Waals surface area contributed by atoms with Crippen molar-refractivity contribution in [2.75, 3.05) is 26.2 Å². The Hall–Kier alpha value is -2.41. The summed E-state index contributed by atoms with van der Waals surface area (Å²) in [6.07, 6.45) is 1.68. The molecule has 1 atom stereocenters. The van der Waals surface area contributed by atoms with E-state index in [1.165, 1.54) is 12.1 Å². The first kappa shape index (κ1) is 18.9. The Bertz CT molecular complexity index is 998. The molecule has 1 fully saturated rings. The molecule has 146 valence electrons. The smallest absolute Gasteiger partial charge is 0.325 e. The van der Waals surface area contributed by atoms with Crippen LogP contribution in [0.2, 0.25) is 5.02 Å². The average molecular weight is 402 g/mol. The van der Waals surface area contributed by atoms with Crippen LogP contribution in [0.25, 0.3) is 10.9 Å². The fourth-order valence-electron chi connectivity index (χ4n) is 3.91. The number of fused-ring (bicyclic) bond motifs is 1. The van der Waals surface area contributed by atoms with Gasteiger partial charge in [-0.3, -0.25) is 14.6 Å². The van der Waals surface area contributed by atoms with Crippen LogP contribution in [0.4, 0.5) is 4.39 Å². The number of benzene rings is 2. The number of aliphatic carboxylic acids is 1. The van der Waals surface area contributed by atoms with Gasteiger partial charge in [0.05, 0.1) is 0 Å². The number of carboxylic acid groups (broad SMARTS) is 1. The summed E-state index contributed by atoms with van der Waals surface area (Å²) in [7, 11) is 0. The number of hydrogen-bond donors (Lipinski definition) is 2. The largest absolute Gasteiger partial charge is 0.480 e. The molecule has 2 heterocycles. The van der Waals surface area contributed by atoms with Crippen LogP contribution in [-0.4, -0.2) is 52.0 Å². The molecule has 0 radical (unpaired) electrons. The molecule has 0 aliphatic carbocycles. The number of aromatic amines is 1. The van der Waals surface area contributed by atoms with Crippen molar-refractivity contribution in [2.45, 2.75) is 12.6 Å². The molecule has 1 aromatic heterocycles. The van der Waals surface area contributed by atoms with Crippen LogP contribution in [-0.2, 0) is 11.3 Å². The molecule has 1 aliphatic rings. The van der Waals surface area contributed by atoms with E-state index in [1.54, 1.807) is 12.3 Å². The van der Waals surface area contributed by atoms with Gasteiger partial charge in [-0.15, -0.1) is 0 Å². The van der Waals surface area contributed by atoms with Crippen LogP contribution in [0.3, 0.4) is 0 Å². The molecule has 7 heteroatoms. The van der Waals surface area contributed by atoms with Gasteiger partial charge in [0.25, 0.3) is 0 Å². The molecule has 5 nitrogen and oxygen atoms in total. The lowest BCUT2D eigenvalue weighted by Crippen LogP contribution is -2.48. The quantitative estimate of drug-likeness (QED) is 0.680. The molecular formula is C21H21ClFN3O2. The van der Waals surface area contributed by atoms with E-state index in [9.17, 15) is 14.3 Å². The second-order valence-corrected chi connectivity index (χ2v) is 7.55. The van der Waals surface area contributed by atoms with Gasteiger partial charge in [-0.1, -0.05) is 23.7 Å². The molecule has 0 amide bonds. The summed E-state index contributed by atoms with van der Waals surface area (Å²) in [5.74, 6) is -1.24. The predicted octanol–water partition coefficient (Wildman–Crippen LogP) is 3.90. The normalized spacial score (nSPS) is 17.1. The Morgan fingerprint density at radius 2 is 1.96 bits per heavy atom. The molecule has 0 spiro atoms. The molecule has 0 bridgehead atoms. The number of H-pyrrole nitrogens is 1. The highest BCUT2D eigenvalue weighted by atomic mass is 35.5. The van der Waals surface area contributed by atoms with Crippen molar-refractivity contribution in [3.63, 3.8) is 0 Å². The summed E-state index contributed by atoms with van der Waals surface area (Å²) in [5.41, 5.74) is 2.43. The van der Waals surface area contributed by atoms with E-state index in [4.69, 9.17) is 11.6 Å². The average Bonchev–Trinajstić information content (AvgIpc) is 3.06. The van der Waals surface area contributed by atoms with Gasteiger partial charge in [-0.05, 0) is 35.9 Å². The number of aromatic nitrogens is 1. The maximum Gasteiger partial charge on any atom is 0.325 e. The van der Waals surface area contributed by atoms with E-state index in [0.717, 1.165) is 35.6 Å². The summed E-state index contributed by atoms with van der Waals surface area (Å²) in [6, 6.07) is 11.4. The van der Waals surface area contributed by atoms with Crippen molar-refractivity contribution in [1.82, 2.24) is 14.8 Å². The molecule has 1 aliphatic heterocycles. The third-order valence-electron chi connectivity index (χ3n) is 5.27. The highest BCUT2D eigenvalue weighted by Gasteiger charge is 2.32. The van der Waals surface area contributed by atoms with Gasteiger partial charge in [0.15, 0.2) is 0 Å². The number of nitrogens with zero attached hydrogens (tertiary/aromatic N) is 2. The van der Waals surface area contributed by atoms with Crippen LogP contribution in [0, 0.1) is 5.82 Å². The van der Waals surface area contributed by atoms with Crippen molar-refractivity contribution in [2.24, 2.45) is 0 Å². The topological polar surface area (TPSA) is 59.6 Å². The SMILES string of the molecule is O=C(O)[C@H](c1c[nH]c2cc(F)ccc12)N1CCN(Cc2cccc(Cl)c2)CC1. The Kier molecular flexibility index (Phi) is 5.35. The van der Waals surface area contributed by atoms with Crippen molar-refractivity contribution in [1.29, 1.82) is 0 Å². The van der Waals surface area contributed by atoms with Gasteiger partial charge in [-0.2, -0.15) is 0 Å². The fourth-order valence-corrected chi connectivity index (χ4v) is 4.12. The maximum absolute atomic E-state index is 13.4. The molecule has 4 rings (SSSR count). The van der Waals surface area contributed by atoms with Crippen molar-refractivity contribution >= 4 is 28.5 Å². The maximum atomic E-state index is 13.4. The molecule has 1 saturated heterocycles. The number of carboxylic acids is 1. The highest BCUT2D eigenvalue weighted by molar-refractivity contribution is 6.30. The highest BCUT2D eigenvalue weighted by Crippen LogP contribution is 2.30. The number of nitrogens with one attached hydrogen (secondary N) is 1. The molecule has 2 aromatic carbocycles. The van der Waals surface area contributed by atoms with E-state index in [-0.39, 0.29) is 5.82 Å². The van der Waals surface area contributed by atoms with E-state index < -0.39 is 12.0 Å². The Morgan fingerprint density at radius 1 is 1.18 bits per heavy atom. The van der Waals surface area contributed by atoms with Gasteiger partial charge >= 0.3 is 5.97 Å². The van der Waals surface area contributed by atoms with Crippen molar-refractivity contribution in [3.8, 4) is 0 Å². The van der Waals surface area contributed by atoms with E-state index >= 15 is 0 Å². The van der Waals surface area contributed by atoms with Crippen LogP contribution in [0.5, 0.6) is 0 Å². The second-order valence-electron chi connectivity index (χ2n) is 7.12. The van der Waals surface area contributed by atoms with Crippen LogP contribution in [0.15, 0.2) is 48.7 Å². The van der Waals surface area contributed by atoms with E-state index in [1.807, 2.05) is 29.2 Å². The summed E-state index contributed by atoms with van der Waals surface area (Å²) in [4.78, 5) is 19.3. The number of rotatable bonds is 5. The number of piperazine rings is 1. The summed E-state index contributed by atoms with van der Waals surface area (Å²) in [6.45, 7) is 3.62. The van der Waals surface area contributed by atoms with Gasteiger partial charge in [0, 0.05) is 60.4 Å². The Balaban J connectivity index is 1.48. The minimum absolute atomic E-state index is 0.345. The molecule has 0 saturated carbocycles. The van der Waals surface area contributed by atoms with Gasteiger partial charge in [-0.25, -0.2) is 4.39 Å². The lowest BCUT2D eigenvalue weighted by molar-refractivity contribution is -0.144. The minimum atomic E-state index is -0.895. The Labute approximate surface area is 167 Å². The zero-order chi connectivity index (χ0) is 19.7. The second kappa shape index (κ2) is 7.91. The molecule has 3 aromatic rings. The molecule has 28 heavy (non-hydrogen) atoms. The van der Waals surface area contributed by atoms with Gasteiger partial charge in [0.1, 0.15) is 11.9 Å². The van der Waals surface area contributed by atoms with Crippen LogP contribution in [0.1, 0.15) is 17.2 Å². The third kappa shape index (κ3) is 3.90. The Morgan fingerprint density at radius 3 is 2.68 bits per heavy atom. The van der Waals surface area contributed by atoms with Crippen molar-refractivity contribution in [3.05, 3.63) is 70.6 Å². The first-order chi connectivity index (χ1) is 13.5. The van der Waals surface area contributed by atoms with Gasteiger partial charge in [0.2, 0.25) is 0 Å². The molecule has 0 unspecified atom stereocenters. The summed E-state index contributed by atoms with van der Waals surface area (Å²) < 4.78 is 13.4. The van der Waals surface area contributed by atoms with Crippen LogP contribution >= 0.6 is 11.6 Å². The predicted molar refractivity (Wildman–Crippen MR) is 107 cm³/mol. The number of hydrogen-bond acceptors (Lipinski definition) is 3. The fraction of sp³-hybridized carbons (Fsp3) is 0.286. The molecular weight excluding hydrogens is 381 g/mol. The lowest BCUT2D eigenvalue weighted by Gasteiger charge is -2.37. The molecule has 2 N–H and O–H groups in total. The minimum Gasteiger partial charge on any atom is -0.480 e. The van der Waals surface area contributed by atoms with E-state index in [2.05, 4.69) is 9.88 Å². The zero-order valence-electron chi connectivity index (χ0n) is 15.2. The number of halogens is 2. The zero-order valence-corrected chi connectivity index (χ0v) is 16.0. The van der Waals surface area contributed by atoms with Crippen molar-refractivity contribution < 1.29 is 14.3 Å². The van der Waals surface area contributed by atoms with Crippen LogP contribution < -0.4 is 0 Å². The third-order valence-corrected chi connectivity index (χ3v) is 5.51. The lowest BCUT2D eigenvalue weighted by atomic mass is 10.0. The standard InChI is InChI=1S/C21H21ClFN3O2/c22-15-3-1-2-14(10-15)13-25-6-8-26(9-7-25)20(21(27)28)18-12-24-19-11-16(23)4-5-17(18)19/h1-5,10-12,20,24H,6-9,13H2,(H,27,28)/t20-/m0/s1. The summed E-state index contributed by atoms with van der Waals surface area (Å²) >= 11 is 6.06. The first-order valence-electron chi connectivity index (χ1n) is 9.21. The van der Waals surface area contributed by atoms with E-state index in [0.29, 0.717) is 24.2 Å². The number of carbonyl (C=O) groups is 1.